The number of unbranched alkanes of at least 4 members (excludes halogenated alkanes) is 1. The van der Waals surface area contributed by atoms with Crippen molar-refractivity contribution >= 4 is 17.8 Å². The number of carbonyl (C=O) groups excluding carboxylic acids is 2. The molecule has 2 amide bonds. The number of H-pyrrole nitrogens is 1. The topological polar surface area (TPSA) is 100 Å². The summed E-state index contributed by atoms with van der Waals surface area (Å²) in [5.41, 5.74) is 0.849. The number of nitrogens with one attached hydrogen (secondary N) is 2. The maximum atomic E-state index is 13.0. The van der Waals surface area contributed by atoms with Crippen LogP contribution in [0.15, 0.2) is 30.6 Å². The van der Waals surface area contributed by atoms with Crippen LogP contribution in [0, 0.1) is 5.92 Å². The Morgan fingerprint density at radius 1 is 1.41 bits per heavy atom. The third-order valence-electron chi connectivity index (χ3n) is 4.91. The van der Waals surface area contributed by atoms with Gasteiger partial charge in [0.1, 0.15) is 12.1 Å². The van der Waals surface area contributed by atoms with Gasteiger partial charge in [-0.1, -0.05) is 31.5 Å². The van der Waals surface area contributed by atoms with Crippen LogP contribution >= 0.6 is 0 Å². The van der Waals surface area contributed by atoms with Gasteiger partial charge in [0.05, 0.1) is 19.1 Å². The van der Waals surface area contributed by atoms with Crippen molar-refractivity contribution in [2.45, 2.75) is 38.6 Å². The SMILES string of the molecule is CCCCN1C(=O)CCC(C(=O)Nc2ncn[nH]2)C1c1ccccc1OC. The number of nitrogens with zero attached hydrogens (tertiary/aromatic N) is 3. The number of rotatable bonds is 7. The second kappa shape index (κ2) is 8.66. The van der Waals surface area contributed by atoms with Gasteiger partial charge in [-0.15, -0.1) is 0 Å². The number of anilines is 1. The highest BCUT2D eigenvalue weighted by atomic mass is 16.5. The van der Waals surface area contributed by atoms with Crippen LogP contribution in [-0.4, -0.2) is 45.6 Å². The Bertz CT molecular complexity index is 777. The standard InChI is InChI=1S/C19H25N5O3/c1-3-4-11-24-16(25)10-9-14(18(26)22-19-20-12-21-23-19)17(24)13-7-5-6-8-15(13)27-2/h5-8,12,14,17H,3-4,9-11H2,1-2H3,(H2,20,21,22,23,26). The van der Waals surface area contributed by atoms with Crippen molar-refractivity contribution in [2.24, 2.45) is 5.92 Å². The molecule has 2 atom stereocenters. The number of hydrogen-bond acceptors (Lipinski definition) is 5. The van der Waals surface area contributed by atoms with Crippen LogP contribution < -0.4 is 10.1 Å². The van der Waals surface area contributed by atoms with Crippen LogP contribution in [0.1, 0.15) is 44.2 Å². The first-order valence-corrected chi connectivity index (χ1v) is 9.24. The number of amides is 2. The number of ether oxygens (including phenoxy) is 1. The van der Waals surface area contributed by atoms with Gasteiger partial charge in [0.25, 0.3) is 0 Å². The predicted octanol–water partition coefficient (Wildman–Crippen LogP) is 2.53. The molecule has 144 valence electrons. The van der Waals surface area contributed by atoms with Crippen LogP contribution in [0.5, 0.6) is 5.75 Å². The predicted molar refractivity (Wildman–Crippen MR) is 100 cm³/mol. The van der Waals surface area contributed by atoms with Gasteiger partial charge in [0.2, 0.25) is 17.8 Å². The molecule has 1 fully saturated rings. The molecule has 2 unspecified atom stereocenters. The lowest BCUT2D eigenvalue weighted by Gasteiger charge is -2.41. The molecule has 3 rings (SSSR count). The van der Waals surface area contributed by atoms with E-state index in [4.69, 9.17) is 4.74 Å². The van der Waals surface area contributed by atoms with Crippen molar-refractivity contribution in [3.63, 3.8) is 0 Å². The number of carbonyl (C=O) groups is 2. The minimum absolute atomic E-state index is 0.0723. The fraction of sp³-hybridized carbons (Fsp3) is 0.474. The van der Waals surface area contributed by atoms with E-state index in [1.54, 1.807) is 7.11 Å². The summed E-state index contributed by atoms with van der Waals surface area (Å²) in [6.07, 6.45) is 4.02. The van der Waals surface area contributed by atoms with E-state index in [-0.39, 0.29) is 17.9 Å². The summed E-state index contributed by atoms with van der Waals surface area (Å²) >= 11 is 0. The van der Waals surface area contributed by atoms with E-state index in [1.165, 1.54) is 6.33 Å². The minimum atomic E-state index is -0.402. The molecule has 0 radical (unpaired) electrons. The number of methoxy groups -OCH3 is 1. The lowest BCUT2D eigenvalue weighted by atomic mass is 9.83. The Kier molecular flexibility index (Phi) is 6.05. The maximum absolute atomic E-state index is 13.0. The highest BCUT2D eigenvalue weighted by Gasteiger charge is 2.41. The van der Waals surface area contributed by atoms with Crippen molar-refractivity contribution < 1.29 is 14.3 Å². The molecule has 0 saturated carbocycles. The Morgan fingerprint density at radius 3 is 2.93 bits per heavy atom. The normalized spacial score (nSPS) is 19.8. The van der Waals surface area contributed by atoms with E-state index in [2.05, 4.69) is 27.4 Å². The first-order valence-electron chi connectivity index (χ1n) is 9.24. The molecule has 0 bridgehead atoms. The molecule has 1 aromatic heterocycles. The Hall–Kier alpha value is -2.90. The van der Waals surface area contributed by atoms with Crippen molar-refractivity contribution in [1.29, 1.82) is 0 Å². The number of aromatic amines is 1. The van der Waals surface area contributed by atoms with Gasteiger partial charge in [-0.05, 0) is 18.9 Å². The third-order valence-corrected chi connectivity index (χ3v) is 4.91. The number of likely N-dealkylation sites (tertiary alicyclic amines) is 1. The van der Waals surface area contributed by atoms with Gasteiger partial charge < -0.3 is 9.64 Å². The van der Waals surface area contributed by atoms with E-state index >= 15 is 0 Å². The number of benzene rings is 1. The van der Waals surface area contributed by atoms with Crippen LogP contribution in [0.4, 0.5) is 5.95 Å². The van der Waals surface area contributed by atoms with Crippen LogP contribution in [-0.2, 0) is 9.59 Å². The van der Waals surface area contributed by atoms with E-state index in [0.29, 0.717) is 31.1 Å². The molecule has 2 N–H and O–H groups in total. The quantitative estimate of drug-likeness (QED) is 0.779. The largest absolute Gasteiger partial charge is 0.496 e. The Morgan fingerprint density at radius 2 is 2.22 bits per heavy atom. The zero-order valence-corrected chi connectivity index (χ0v) is 15.6. The number of aromatic nitrogens is 3. The maximum Gasteiger partial charge on any atom is 0.232 e. The molecular formula is C19H25N5O3. The van der Waals surface area contributed by atoms with Crippen molar-refractivity contribution in [2.75, 3.05) is 19.0 Å². The Labute approximate surface area is 158 Å². The lowest BCUT2D eigenvalue weighted by molar-refractivity contribution is -0.142. The van der Waals surface area contributed by atoms with Gasteiger partial charge in [-0.25, -0.2) is 5.10 Å². The monoisotopic (exact) mass is 371 g/mol. The van der Waals surface area contributed by atoms with Gasteiger partial charge >= 0.3 is 0 Å². The molecule has 1 aliphatic heterocycles. The van der Waals surface area contributed by atoms with E-state index < -0.39 is 5.92 Å². The zero-order chi connectivity index (χ0) is 19.2. The molecule has 1 aliphatic rings. The van der Waals surface area contributed by atoms with Crippen molar-refractivity contribution in [1.82, 2.24) is 20.1 Å². The second-order valence-electron chi connectivity index (χ2n) is 6.60. The summed E-state index contributed by atoms with van der Waals surface area (Å²) in [7, 11) is 1.60. The fourth-order valence-electron chi connectivity index (χ4n) is 3.59. The van der Waals surface area contributed by atoms with Gasteiger partial charge in [-0.2, -0.15) is 10.1 Å². The van der Waals surface area contributed by atoms with Gasteiger partial charge in [-0.3, -0.25) is 14.9 Å². The summed E-state index contributed by atoms with van der Waals surface area (Å²) in [5, 5.41) is 9.17. The average Bonchev–Trinajstić information content (AvgIpc) is 3.19. The molecule has 1 aromatic carbocycles. The molecule has 0 spiro atoms. The van der Waals surface area contributed by atoms with E-state index in [1.807, 2.05) is 29.2 Å². The third kappa shape index (κ3) is 4.10. The molecule has 8 heteroatoms. The molecular weight excluding hydrogens is 346 g/mol. The zero-order valence-electron chi connectivity index (χ0n) is 15.6. The first-order chi connectivity index (χ1) is 13.2. The van der Waals surface area contributed by atoms with Crippen LogP contribution in [0.3, 0.4) is 0 Å². The summed E-state index contributed by atoms with van der Waals surface area (Å²) in [5.74, 6) is 0.465. The van der Waals surface area contributed by atoms with Crippen molar-refractivity contribution in [3.05, 3.63) is 36.2 Å². The molecule has 1 saturated heterocycles. The average molecular weight is 371 g/mol. The smallest absolute Gasteiger partial charge is 0.232 e. The highest BCUT2D eigenvalue weighted by molar-refractivity contribution is 5.93. The van der Waals surface area contributed by atoms with E-state index in [9.17, 15) is 9.59 Å². The van der Waals surface area contributed by atoms with Gasteiger partial charge in [0.15, 0.2) is 0 Å². The van der Waals surface area contributed by atoms with Gasteiger partial charge in [0, 0.05) is 18.5 Å². The second-order valence-corrected chi connectivity index (χ2v) is 6.60. The highest BCUT2D eigenvalue weighted by Crippen LogP contribution is 2.41. The minimum Gasteiger partial charge on any atom is -0.496 e. The lowest BCUT2D eigenvalue weighted by Crippen LogP contribution is -2.47. The molecule has 2 aromatic rings. The molecule has 0 aliphatic carbocycles. The number of piperidine rings is 1. The molecule has 8 nitrogen and oxygen atoms in total. The Balaban J connectivity index is 1.96. The summed E-state index contributed by atoms with van der Waals surface area (Å²) < 4.78 is 5.52. The number of hydrogen-bond donors (Lipinski definition) is 2. The van der Waals surface area contributed by atoms with Crippen molar-refractivity contribution in [3.8, 4) is 5.75 Å². The summed E-state index contributed by atoms with van der Waals surface area (Å²) in [4.78, 5) is 31.5. The fourth-order valence-corrected chi connectivity index (χ4v) is 3.59. The molecule has 27 heavy (non-hydrogen) atoms. The summed E-state index contributed by atoms with van der Waals surface area (Å²) in [6.45, 7) is 2.70. The summed E-state index contributed by atoms with van der Waals surface area (Å²) in [6, 6.07) is 7.19. The van der Waals surface area contributed by atoms with Crippen LogP contribution in [0.25, 0.3) is 0 Å². The number of para-hydroxylation sites is 1. The molecule has 2 heterocycles. The van der Waals surface area contributed by atoms with Crippen LogP contribution in [0.2, 0.25) is 0 Å². The first kappa shape index (κ1) is 18.9. The van der Waals surface area contributed by atoms with E-state index in [0.717, 1.165) is 18.4 Å².